The van der Waals surface area contributed by atoms with Crippen molar-refractivity contribution in [2.24, 2.45) is 0 Å². The van der Waals surface area contributed by atoms with Crippen LogP contribution < -0.4 is 10.1 Å². The predicted octanol–water partition coefficient (Wildman–Crippen LogP) is 3.44. The molecule has 0 aliphatic carbocycles. The Morgan fingerprint density at radius 2 is 1.81 bits per heavy atom. The molecule has 0 fully saturated rings. The van der Waals surface area contributed by atoms with Crippen molar-refractivity contribution < 1.29 is 14.3 Å². The Labute approximate surface area is 165 Å². The van der Waals surface area contributed by atoms with Crippen LogP contribution in [0.4, 0.5) is 0 Å². The number of nitrogens with zero attached hydrogens (tertiary/aromatic N) is 1. The molecule has 27 heavy (non-hydrogen) atoms. The number of amides is 2. The third-order valence-corrected chi connectivity index (χ3v) is 4.81. The Balaban J connectivity index is 2.27. The summed E-state index contributed by atoms with van der Waals surface area (Å²) in [4.78, 5) is 27.0. The average molecular weight is 389 g/mol. The monoisotopic (exact) mass is 388 g/mol. The molecule has 0 saturated carbocycles. The number of benzene rings is 2. The zero-order chi connectivity index (χ0) is 19.8. The summed E-state index contributed by atoms with van der Waals surface area (Å²) in [7, 11) is 3.17. The highest BCUT2D eigenvalue weighted by Crippen LogP contribution is 2.21. The minimum Gasteiger partial charge on any atom is -0.497 e. The van der Waals surface area contributed by atoms with Crippen molar-refractivity contribution in [2.45, 2.75) is 32.4 Å². The van der Waals surface area contributed by atoms with E-state index in [-0.39, 0.29) is 24.8 Å². The quantitative estimate of drug-likeness (QED) is 0.753. The molecular weight excluding hydrogens is 364 g/mol. The van der Waals surface area contributed by atoms with Gasteiger partial charge < -0.3 is 15.0 Å². The van der Waals surface area contributed by atoms with Gasteiger partial charge in [-0.1, -0.05) is 48.9 Å². The van der Waals surface area contributed by atoms with Gasteiger partial charge in [0.05, 0.1) is 13.5 Å². The molecule has 0 aromatic heterocycles. The van der Waals surface area contributed by atoms with Gasteiger partial charge in [-0.05, 0) is 35.7 Å². The van der Waals surface area contributed by atoms with Crippen molar-refractivity contribution in [3.05, 3.63) is 64.7 Å². The van der Waals surface area contributed by atoms with Crippen LogP contribution in [0.25, 0.3) is 0 Å². The van der Waals surface area contributed by atoms with E-state index < -0.39 is 6.04 Å². The van der Waals surface area contributed by atoms with Gasteiger partial charge in [0.15, 0.2) is 0 Å². The highest BCUT2D eigenvalue weighted by atomic mass is 35.5. The van der Waals surface area contributed by atoms with Gasteiger partial charge in [0.2, 0.25) is 11.8 Å². The number of likely N-dealkylation sites (N-methyl/N-ethyl adjacent to an activating group) is 1. The van der Waals surface area contributed by atoms with Gasteiger partial charge in [-0.15, -0.1) is 0 Å². The molecule has 0 saturated heterocycles. The molecule has 2 aromatic carbocycles. The van der Waals surface area contributed by atoms with Gasteiger partial charge >= 0.3 is 0 Å². The fourth-order valence-corrected chi connectivity index (χ4v) is 3.11. The fraction of sp³-hybridized carbons (Fsp3) is 0.333. The van der Waals surface area contributed by atoms with E-state index in [0.717, 1.165) is 16.9 Å². The van der Waals surface area contributed by atoms with Crippen LogP contribution in [-0.4, -0.2) is 36.9 Å². The van der Waals surface area contributed by atoms with E-state index in [1.54, 1.807) is 25.1 Å². The van der Waals surface area contributed by atoms with Gasteiger partial charge in [-0.2, -0.15) is 0 Å². The lowest BCUT2D eigenvalue weighted by atomic mass is 10.1. The zero-order valence-corrected chi connectivity index (χ0v) is 16.6. The van der Waals surface area contributed by atoms with Gasteiger partial charge in [0.25, 0.3) is 0 Å². The summed E-state index contributed by atoms with van der Waals surface area (Å²) in [6, 6.07) is 14.1. The normalized spacial score (nSPS) is 11.6. The molecule has 2 aromatic rings. The molecule has 1 N–H and O–H groups in total. The molecule has 5 nitrogen and oxygen atoms in total. The number of hydrogen-bond donors (Lipinski definition) is 1. The highest BCUT2D eigenvalue weighted by molar-refractivity contribution is 6.31. The summed E-state index contributed by atoms with van der Waals surface area (Å²) >= 11 is 6.28. The van der Waals surface area contributed by atoms with Crippen molar-refractivity contribution in [3.63, 3.8) is 0 Å². The third kappa shape index (κ3) is 5.47. The van der Waals surface area contributed by atoms with E-state index in [0.29, 0.717) is 11.4 Å². The van der Waals surface area contributed by atoms with Gasteiger partial charge in [0, 0.05) is 18.6 Å². The number of carbonyl (C=O) groups is 2. The number of nitrogens with one attached hydrogen (secondary N) is 1. The minimum atomic E-state index is -0.558. The van der Waals surface area contributed by atoms with Crippen LogP contribution in [0.3, 0.4) is 0 Å². The highest BCUT2D eigenvalue weighted by Gasteiger charge is 2.28. The van der Waals surface area contributed by atoms with Crippen LogP contribution >= 0.6 is 11.6 Å². The number of methoxy groups -OCH3 is 1. The van der Waals surface area contributed by atoms with Crippen molar-refractivity contribution in [1.82, 2.24) is 10.2 Å². The largest absolute Gasteiger partial charge is 0.497 e. The minimum absolute atomic E-state index is 0.129. The van der Waals surface area contributed by atoms with Crippen molar-refractivity contribution in [3.8, 4) is 5.75 Å². The molecule has 0 heterocycles. The number of hydrogen-bond acceptors (Lipinski definition) is 3. The van der Waals surface area contributed by atoms with E-state index in [9.17, 15) is 9.59 Å². The second-order valence-corrected chi connectivity index (χ2v) is 6.58. The Morgan fingerprint density at radius 3 is 2.37 bits per heavy atom. The van der Waals surface area contributed by atoms with E-state index in [1.807, 2.05) is 49.4 Å². The molecule has 0 bridgehead atoms. The second-order valence-electron chi connectivity index (χ2n) is 6.18. The Kier molecular flexibility index (Phi) is 7.67. The second kappa shape index (κ2) is 9.97. The first-order chi connectivity index (χ1) is 13.0. The molecule has 0 unspecified atom stereocenters. The first-order valence-corrected chi connectivity index (χ1v) is 9.25. The van der Waals surface area contributed by atoms with E-state index >= 15 is 0 Å². The smallest absolute Gasteiger partial charge is 0.242 e. The molecule has 144 valence electrons. The number of carbonyl (C=O) groups excluding carboxylic acids is 2. The van der Waals surface area contributed by atoms with Gasteiger partial charge in [-0.25, -0.2) is 0 Å². The molecule has 0 aliphatic rings. The summed E-state index contributed by atoms with van der Waals surface area (Å²) in [6.07, 6.45) is 0.709. The van der Waals surface area contributed by atoms with Gasteiger partial charge in [0.1, 0.15) is 11.8 Å². The maximum atomic E-state index is 13.1. The number of ether oxygens (including phenoxy) is 1. The molecule has 0 aliphatic heterocycles. The zero-order valence-electron chi connectivity index (χ0n) is 15.9. The van der Waals surface area contributed by atoms with Crippen LogP contribution in [0.1, 0.15) is 24.5 Å². The first kappa shape index (κ1) is 20.8. The lowest BCUT2D eigenvalue weighted by Gasteiger charge is -2.30. The number of rotatable bonds is 8. The van der Waals surface area contributed by atoms with Crippen LogP contribution in [0.5, 0.6) is 5.75 Å². The fourth-order valence-electron chi connectivity index (χ4n) is 2.92. The summed E-state index contributed by atoms with van der Waals surface area (Å²) in [6.45, 7) is 2.17. The van der Waals surface area contributed by atoms with E-state index in [1.165, 1.54) is 0 Å². The van der Waals surface area contributed by atoms with Crippen molar-refractivity contribution >= 4 is 23.4 Å². The maximum absolute atomic E-state index is 13.1. The molecule has 1 atom stereocenters. The van der Waals surface area contributed by atoms with Crippen LogP contribution in [0.15, 0.2) is 48.5 Å². The average Bonchev–Trinajstić information content (AvgIpc) is 2.69. The molecule has 2 rings (SSSR count). The van der Waals surface area contributed by atoms with Crippen LogP contribution in [0.2, 0.25) is 5.02 Å². The summed E-state index contributed by atoms with van der Waals surface area (Å²) < 4.78 is 5.15. The van der Waals surface area contributed by atoms with Gasteiger partial charge in [-0.3, -0.25) is 9.59 Å². The molecular formula is C21H25ClN2O3. The van der Waals surface area contributed by atoms with Crippen LogP contribution in [0, 0.1) is 0 Å². The van der Waals surface area contributed by atoms with E-state index in [4.69, 9.17) is 16.3 Å². The Bertz CT molecular complexity index is 777. The first-order valence-electron chi connectivity index (χ1n) is 8.87. The summed E-state index contributed by atoms with van der Waals surface area (Å²) in [5.41, 5.74) is 1.67. The maximum Gasteiger partial charge on any atom is 0.242 e. The van der Waals surface area contributed by atoms with Crippen molar-refractivity contribution in [2.75, 3.05) is 14.2 Å². The lowest BCUT2D eigenvalue weighted by Crippen LogP contribution is -2.48. The molecule has 6 heteroatoms. The molecule has 2 amide bonds. The third-order valence-electron chi connectivity index (χ3n) is 4.45. The predicted molar refractivity (Wildman–Crippen MR) is 107 cm³/mol. The van der Waals surface area contributed by atoms with E-state index in [2.05, 4.69) is 5.32 Å². The lowest BCUT2D eigenvalue weighted by molar-refractivity contribution is -0.140. The summed E-state index contributed by atoms with van der Waals surface area (Å²) in [5.74, 6) is 0.416. The summed E-state index contributed by atoms with van der Waals surface area (Å²) in [5, 5.41) is 3.22. The topological polar surface area (TPSA) is 58.6 Å². The molecule has 0 radical (unpaired) electrons. The Hall–Kier alpha value is -2.53. The standard InChI is InChI=1S/C21H25ClN2O3/c1-4-19(21(26)23-2)24(14-16-7-5-6-8-18(16)22)20(25)13-15-9-11-17(27-3)12-10-15/h5-12,19H,4,13-14H2,1-3H3,(H,23,26)/t19-/m0/s1. The SMILES string of the molecule is CC[C@@H](C(=O)NC)N(Cc1ccccc1Cl)C(=O)Cc1ccc(OC)cc1. The van der Waals surface area contributed by atoms with Crippen molar-refractivity contribution in [1.29, 1.82) is 0 Å². The molecule has 0 spiro atoms. The Morgan fingerprint density at radius 1 is 1.15 bits per heavy atom. The number of halogens is 1. The van der Waals surface area contributed by atoms with Crippen LogP contribution in [-0.2, 0) is 22.6 Å².